The number of hydrogen-bond donors (Lipinski definition) is 1. The first-order chi connectivity index (χ1) is 9.95. The van der Waals surface area contributed by atoms with Gasteiger partial charge in [-0.2, -0.15) is 0 Å². The number of nitrogens with zero attached hydrogens (tertiary/aromatic N) is 2. The second kappa shape index (κ2) is 5.70. The van der Waals surface area contributed by atoms with Crippen LogP contribution in [0, 0.1) is 10.1 Å². The molecule has 2 rings (SSSR count). The number of nitro groups is 1. The molecule has 1 atom stereocenters. The number of nitrogens with two attached hydrogens (primary N) is 1. The molecule has 2 amide bonds. The molecule has 1 aromatic carbocycles. The van der Waals surface area contributed by atoms with Crippen LogP contribution < -0.4 is 5.73 Å². The van der Waals surface area contributed by atoms with Crippen LogP contribution in [0.25, 0.3) is 0 Å². The van der Waals surface area contributed by atoms with E-state index < -0.39 is 22.8 Å². The van der Waals surface area contributed by atoms with E-state index in [-0.39, 0.29) is 30.6 Å². The summed E-state index contributed by atoms with van der Waals surface area (Å²) in [5.74, 6) is -1.18. The van der Waals surface area contributed by atoms with Crippen LogP contribution in [0.4, 0.5) is 5.69 Å². The number of rotatable bonds is 6. The SMILES string of the molecule is NC(=O)C(CCC=O)N1Cc2ccc([N+](=O)[O-])cc2C1=O. The molecule has 0 fully saturated rings. The van der Waals surface area contributed by atoms with E-state index in [9.17, 15) is 24.5 Å². The lowest BCUT2D eigenvalue weighted by Gasteiger charge is -2.24. The molecule has 2 N–H and O–H groups in total. The Balaban J connectivity index is 2.30. The van der Waals surface area contributed by atoms with E-state index in [1.54, 1.807) is 0 Å². The molecule has 0 bridgehead atoms. The fraction of sp³-hybridized carbons (Fsp3) is 0.308. The molecule has 0 saturated heterocycles. The van der Waals surface area contributed by atoms with Crippen LogP contribution in [0.3, 0.4) is 0 Å². The van der Waals surface area contributed by atoms with Crippen LogP contribution in [0.2, 0.25) is 0 Å². The van der Waals surface area contributed by atoms with Gasteiger partial charge in [0.25, 0.3) is 11.6 Å². The molecule has 0 spiro atoms. The highest BCUT2D eigenvalue weighted by atomic mass is 16.6. The van der Waals surface area contributed by atoms with Crippen molar-refractivity contribution in [3.8, 4) is 0 Å². The second-order valence-corrected chi connectivity index (χ2v) is 4.69. The fourth-order valence-corrected chi connectivity index (χ4v) is 2.35. The van der Waals surface area contributed by atoms with Crippen molar-refractivity contribution in [1.82, 2.24) is 4.90 Å². The minimum Gasteiger partial charge on any atom is -0.368 e. The summed E-state index contributed by atoms with van der Waals surface area (Å²) < 4.78 is 0. The molecule has 0 aromatic heterocycles. The van der Waals surface area contributed by atoms with Crippen molar-refractivity contribution in [3.05, 3.63) is 39.4 Å². The van der Waals surface area contributed by atoms with Gasteiger partial charge in [0.15, 0.2) is 0 Å². The monoisotopic (exact) mass is 291 g/mol. The number of non-ortho nitro benzene ring substituents is 1. The molecule has 1 aromatic rings. The van der Waals surface area contributed by atoms with Crippen molar-refractivity contribution in [3.63, 3.8) is 0 Å². The number of carbonyl (C=O) groups excluding carboxylic acids is 3. The van der Waals surface area contributed by atoms with Crippen molar-refractivity contribution in [1.29, 1.82) is 0 Å². The molecular formula is C13H13N3O5. The maximum atomic E-state index is 12.3. The number of fused-ring (bicyclic) bond motifs is 1. The summed E-state index contributed by atoms with van der Waals surface area (Å²) in [6.45, 7) is 0.151. The van der Waals surface area contributed by atoms with E-state index in [1.807, 2.05) is 0 Å². The number of amides is 2. The van der Waals surface area contributed by atoms with Crippen molar-refractivity contribution in [2.75, 3.05) is 0 Å². The Morgan fingerprint density at radius 3 is 2.81 bits per heavy atom. The normalized spacial score (nSPS) is 14.7. The van der Waals surface area contributed by atoms with Gasteiger partial charge in [0.2, 0.25) is 5.91 Å². The van der Waals surface area contributed by atoms with Gasteiger partial charge in [-0.05, 0) is 18.1 Å². The largest absolute Gasteiger partial charge is 0.368 e. The van der Waals surface area contributed by atoms with Gasteiger partial charge in [0.1, 0.15) is 12.3 Å². The van der Waals surface area contributed by atoms with Crippen LogP contribution in [-0.4, -0.2) is 34.0 Å². The van der Waals surface area contributed by atoms with Crippen LogP contribution in [-0.2, 0) is 16.1 Å². The molecule has 1 heterocycles. The number of hydrogen-bond acceptors (Lipinski definition) is 5. The molecule has 1 unspecified atom stereocenters. The lowest BCUT2D eigenvalue weighted by molar-refractivity contribution is -0.384. The summed E-state index contributed by atoms with van der Waals surface area (Å²) in [7, 11) is 0. The number of aldehydes is 1. The average Bonchev–Trinajstić information content (AvgIpc) is 2.76. The number of benzene rings is 1. The molecule has 8 nitrogen and oxygen atoms in total. The highest BCUT2D eigenvalue weighted by Gasteiger charge is 2.36. The third-order valence-electron chi connectivity index (χ3n) is 3.40. The topological polar surface area (TPSA) is 124 Å². The molecule has 8 heteroatoms. The van der Waals surface area contributed by atoms with Crippen LogP contribution in [0.5, 0.6) is 0 Å². The summed E-state index contributed by atoms with van der Waals surface area (Å²) in [6, 6.07) is 3.09. The minimum absolute atomic E-state index is 0.105. The van der Waals surface area contributed by atoms with E-state index in [4.69, 9.17) is 5.73 Å². The van der Waals surface area contributed by atoms with E-state index in [2.05, 4.69) is 0 Å². The third kappa shape index (κ3) is 2.73. The van der Waals surface area contributed by atoms with Crippen LogP contribution in [0.15, 0.2) is 18.2 Å². The molecule has 110 valence electrons. The number of primary amides is 1. The van der Waals surface area contributed by atoms with Gasteiger partial charge in [-0.25, -0.2) is 0 Å². The molecular weight excluding hydrogens is 278 g/mol. The Morgan fingerprint density at radius 2 is 2.24 bits per heavy atom. The van der Waals surface area contributed by atoms with Crippen molar-refractivity contribution in [2.24, 2.45) is 5.73 Å². The van der Waals surface area contributed by atoms with Gasteiger partial charge in [-0.1, -0.05) is 0 Å². The number of nitro benzene ring substituents is 1. The first-order valence-corrected chi connectivity index (χ1v) is 6.27. The summed E-state index contributed by atoms with van der Waals surface area (Å²) in [4.78, 5) is 45.6. The van der Waals surface area contributed by atoms with E-state index >= 15 is 0 Å². The summed E-state index contributed by atoms with van der Waals surface area (Å²) in [6.07, 6.45) is 0.892. The smallest absolute Gasteiger partial charge is 0.270 e. The van der Waals surface area contributed by atoms with Gasteiger partial charge in [0.05, 0.1) is 10.5 Å². The first-order valence-electron chi connectivity index (χ1n) is 6.27. The Kier molecular flexibility index (Phi) is 3.97. The molecule has 1 aliphatic heterocycles. The maximum absolute atomic E-state index is 12.3. The minimum atomic E-state index is -0.894. The molecule has 21 heavy (non-hydrogen) atoms. The zero-order valence-electron chi connectivity index (χ0n) is 11.0. The van der Waals surface area contributed by atoms with Gasteiger partial charge >= 0.3 is 0 Å². The van der Waals surface area contributed by atoms with Crippen LogP contribution >= 0.6 is 0 Å². The molecule has 0 saturated carbocycles. The lowest BCUT2D eigenvalue weighted by Crippen LogP contribution is -2.44. The standard InChI is InChI=1S/C13H13N3O5/c14-12(18)11(2-1-5-17)15-7-8-3-4-9(16(20)21)6-10(8)13(15)19/h3-6,11H,1-2,7H2,(H2,14,18). The second-order valence-electron chi connectivity index (χ2n) is 4.69. The quantitative estimate of drug-likeness (QED) is 0.461. The van der Waals surface area contributed by atoms with Crippen molar-refractivity contribution in [2.45, 2.75) is 25.4 Å². The maximum Gasteiger partial charge on any atom is 0.270 e. The van der Waals surface area contributed by atoms with Crippen molar-refractivity contribution >= 4 is 23.8 Å². The van der Waals surface area contributed by atoms with Crippen LogP contribution in [0.1, 0.15) is 28.8 Å². The van der Waals surface area contributed by atoms with E-state index in [0.29, 0.717) is 11.8 Å². The molecule has 1 aliphatic rings. The summed E-state index contributed by atoms with van der Waals surface area (Å²) >= 11 is 0. The average molecular weight is 291 g/mol. The fourth-order valence-electron chi connectivity index (χ4n) is 2.35. The van der Waals surface area contributed by atoms with Crippen molar-refractivity contribution < 1.29 is 19.3 Å². The third-order valence-corrected chi connectivity index (χ3v) is 3.40. The first kappa shape index (κ1) is 14.6. The Bertz CT molecular complexity index is 628. The Labute approximate surface area is 119 Å². The van der Waals surface area contributed by atoms with E-state index in [0.717, 1.165) is 0 Å². The van der Waals surface area contributed by atoms with Gasteiger partial charge < -0.3 is 15.4 Å². The summed E-state index contributed by atoms with van der Waals surface area (Å²) in [5, 5.41) is 10.7. The highest BCUT2D eigenvalue weighted by molar-refractivity contribution is 6.01. The zero-order valence-corrected chi connectivity index (χ0v) is 11.0. The molecule has 0 aliphatic carbocycles. The molecule has 0 radical (unpaired) electrons. The predicted molar refractivity (Wildman–Crippen MR) is 71.3 cm³/mol. The highest BCUT2D eigenvalue weighted by Crippen LogP contribution is 2.28. The predicted octanol–water partition coefficient (Wildman–Crippen LogP) is 0.384. The summed E-state index contributed by atoms with van der Waals surface area (Å²) in [5.41, 5.74) is 5.88. The van der Waals surface area contributed by atoms with E-state index in [1.165, 1.54) is 23.1 Å². The Hall–Kier alpha value is -2.77. The van der Waals surface area contributed by atoms with Gasteiger partial charge in [0, 0.05) is 25.1 Å². The van der Waals surface area contributed by atoms with Gasteiger partial charge in [-0.15, -0.1) is 0 Å². The van der Waals surface area contributed by atoms with Gasteiger partial charge in [-0.3, -0.25) is 19.7 Å². The Morgan fingerprint density at radius 1 is 1.52 bits per heavy atom. The number of carbonyl (C=O) groups is 3. The lowest BCUT2D eigenvalue weighted by atomic mass is 10.1. The zero-order chi connectivity index (χ0) is 15.6.